The summed E-state index contributed by atoms with van der Waals surface area (Å²) in [6.45, 7) is 1.17. The zero-order valence-corrected chi connectivity index (χ0v) is 11.1. The molecule has 0 fully saturated rings. The molecular formula is C12H17N3O2S. The summed E-state index contributed by atoms with van der Waals surface area (Å²) >= 11 is 0. The van der Waals surface area contributed by atoms with Gasteiger partial charge in [0, 0.05) is 6.54 Å². The summed E-state index contributed by atoms with van der Waals surface area (Å²) in [5, 5.41) is 11.5. The number of hydrogen-bond donors (Lipinski definition) is 2. The molecule has 18 heavy (non-hydrogen) atoms. The Kier molecular flexibility index (Phi) is 5.78. The molecule has 0 bridgehead atoms. The number of nitriles is 1. The smallest absolute Gasteiger partial charge is 0.240 e. The lowest BCUT2D eigenvalue weighted by atomic mass is 10.2. The third kappa shape index (κ3) is 4.45. The molecule has 0 aromatic heterocycles. The maximum Gasteiger partial charge on any atom is 0.240 e. The first-order valence-corrected chi connectivity index (χ1v) is 7.18. The molecule has 0 radical (unpaired) electrons. The van der Waals surface area contributed by atoms with Gasteiger partial charge in [-0.3, -0.25) is 0 Å². The average molecular weight is 267 g/mol. The van der Waals surface area contributed by atoms with Gasteiger partial charge in [-0.2, -0.15) is 5.26 Å². The minimum atomic E-state index is -3.43. The van der Waals surface area contributed by atoms with Crippen LogP contribution in [0.4, 0.5) is 0 Å². The van der Waals surface area contributed by atoms with Crippen molar-refractivity contribution in [3.63, 3.8) is 0 Å². The highest BCUT2D eigenvalue weighted by Gasteiger charge is 2.12. The van der Waals surface area contributed by atoms with Crippen molar-refractivity contribution in [3.05, 3.63) is 29.8 Å². The van der Waals surface area contributed by atoms with Crippen LogP contribution in [0.15, 0.2) is 29.2 Å². The van der Waals surface area contributed by atoms with Gasteiger partial charge in [-0.25, -0.2) is 13.1 Å². The lowest BCUT2D eigenvalue weighted by Crippen LogP contribution is -2.26. The number of hydrogen-bond acceptors (Lipinski definition) is 4. The molecule has 0 aliphatic heterocycles. The van der Waals surface area contributed by atoms with Gasteiger partial charge in [0.2, 0.25) is 10.0 Å². The van der Waals surface area contributed by atoms with Crippen molar-refractivity contribution in [2.75, 3.05) is 20.1 Å². The molecule has 0 aliphatic carbocycles. The summed E-state index contributed by atoms with van der Waals surface area (Å²) in [6.07, 6.45) is 1.03. The second kappa shape index (κ2) is 7.11. The monoisotopic (exact) mass is 267 g/mol. The van der Waals surface area contributed by atoms with E-state index in [4.69, 9.17) is 5.26 Å². The van der Waals surface area contributed by atoms with Crippen molar-refractivity contribution in [2.24, 2.45) is 0 Å². The lowest BCUT2D eigenvalue weighted by Gasteiger charge is -2.06. The molecule has 0 atom stereocenters. The molecule has 1 aromatic rings. The van der Waals surface area contributed by atoms with Gasteiger partial charge in [0.25, 0.3) is 0 Å². The van der Waals surface area contributed by atoms with E-state index >= 15 is 0 Å². The molecule has 1 rings (SSSR count). The maximum atomic E-state index is 11.9. The van der Waals surface area contributed by atoms with E-state index in [0.29, 0.717) is 6.54 Å². The van der Waals surface area contributed by atoms with Crippen LogP contribution in [0.5, 0.6) is 0 Å². The van der Waals surface area contributed by atoms with Gasteiger partial charge < -0.3 is 5.32 Å². The second-order valence-corrected chi connectivity index (χ2v) is 5.60. The van der Waals surface area contributed by atoms with Crippen LogP contribution in [-0.2, 0) is 16.4 Å². The van der Waals surface area contributed by atoms with Gasteiger partial charge in [-0.15, -0.1) is 0 Å². The summed E-state index contributed by atoms with van der Waals surface area (Å²) in [7, 11) is -1.61. The van der Waals surface area contributed by atoms with Crippen LogP contribution in [0.2, 0.25) is 0 Å². The van der Waals surface area contributed by atoms with Crippen LogP contribution in [0.25, 0.3) is 0 Å². The van der Waals surface area contributed by atoms with E-state index in [9.17, 15) is 8.42 Å². The zero-order chi connectivity index (χ0) is 13.4. The fourth-order valence-corrected chi connectivity index (χ4v) is 2.51. The van der Waals surface area contributed by atoms with E-state index in [1.807, 2.05) is 13.1 Å². The molecular weight excluding hydrogens is 250 g/mol. The number of nitrogens with one attached hydrogen (secondary N) is 2. The molecule has 6 heteroatoms. The zero-order valence-electron chi connectivity index (χ0n) is 10.3. The first kappa shape index (κ1) is 14.6. The first-order chi connectivity index (χ1) is 8.60. The second-order valence-electron chi connectivity index (χ2n) is 3.83. The van der Waals surface area contributed by atoms with Gasteiger partial charge in [-0.05, 0) is 37.7 Å². The maximum absolute atomic E-state index is 11.9. The summed E-state index contributed by atoms with van der Waals surface area (Å²) in [4.78, 5) is 0.230. The van der Waals surface area contributed by atoms with E-state index in [1.54, 1.807) is 12.1 Å². The SMILES string of the molecule is CNCCCNS(=O)(=O)c1ccc(CC#N)cc1. The highest BCUT2D eigenvalue weighted by Crippen LogP contribution is 2.10. The Morgan fingerprint density at radius 2 is 1.89 bits per heavy atom. The van der Waals surface area contributed by atoms with E-state index in [0.717, 1.165) is 18.5 Å². The summed E-state index contributed by atoms with van der Waals surface area (Å²) in [5.41, 5.74) is 0.812. The average Bonchev–Trinajstić information content (AvgIpc) is 2.36. The molecule has 1 aromatic carbocycles. The molecule has 0 unspecified atom stereocenters. The third-order valence-electron chi connectivity index (χ3n) is 2.41. The van der Waals surface area contributed by atoms with Gasteiger partial charge in [0.15, 0.2) is 0 Å². The molecule has 0 amide bonds. The number of benzene rings is 1. The van der Waals surface area contributed by atoms with E-state index in [1.165, 1.54) is 12.1 Å². The topological polar surface area (TPSA) is 82.0 Å². The van der Waals surface area contributed by atoms with Crippen LogP contribution < -0.4 is 10.0 Å². The molecule has 0 saturated carbocycles. The van der Waals surface area contributed by atoms with Crippen LogP contribution in [0.1, 0.15) is 12.0 Å². The summed E-state index contributed by atoms with van der Waals surface area (Å²) < 4.78 is 26.3. The highest BCUT2D eigenvalue weighted by molar-refractivity contribution is 7.89. The van der Waals surface area contributed by atoms with Crippen LogP contribution in [0, 0.1) is 11.3 Å². The Bertz CT molecular complexity index is 503. The minimum absolute atomic E-state index is 0.230. The van der Waals surface area contributed by atoms with Crippen molar-refractivity contribution in [2.45, 2.75) is 17.7 Å². The van der Waals surface area contributed by atoms with Crippen molar-refractivity contribution < 1.29 is 8.42 Å². The van der Waals surface area contributed by atoms with Gasteiger partial charge in [-0.1, -0.05) is 12.1 Å². The Labute approximate surface area is 108 Å². The number of sulfonamides is 1. The van der Waals surface area contributed by atoms with Crippen LogP contribution >= 0.6 is 0 Å². The number of nitrogens with zero attached hydrogens (tertiary/aromatic N) is 1. The minimum Gasteiger partial charge on any atom is -0.320 e. The predicted octanol–water partition coefficient (Wildman–Crippen LogP) is 0.640. The fraction of sp³-hybridized carbons (Fsp3) is 0.417. The van der Waals surface area contributed by atoms with Crippen molar-refractivity contribution in [1.29, 1.82) is 5.26 Å². The Balaban J connectivity index is 2.64. The Morgan fingerprint density at radius 1 is 1.22 bits per heavy atom. The molecule has 0 saturated heterocycles. The Hall–Kier alpha value is -1.42. The van der Waals surface area contributed by atoms with E-state index in [-0.39, 0.29) is 11.3 Å². The van der Waals surface area contributed by atoms with E-state index < -0.39 is 10.0 Å². The van der Waals surface area contributed by atoms with Crippen molar-refractivity contribution in [1.82, 2.24) is 10.0 Å². The molecule has 2 N–H and O–H groups in total. The quantitative estimate of drug-likeness (QED) is 0.710. The fourth-order valence-electron chi connectivity index (χ4n) is 1.43. The predicted molar refractivity (Wildman–Crippen MR) is 69.5 cm³/mol. The Morgan fingerprint density at radius 3 is 2.44 bits per heavy atom. The summed E-state index contributed by atoms with van der Waals surface area (Å²) in [5.74, 6) is 0. The normalized spacial score (nSPS) is 11.1. The summed E-state index contributed by atoms with van der Waals surface area (Å²) in [6, 6.07) is 8.38. The van der Waals surface area contributed by atoms with Crippen LogP contribution in [-0.4, -0.2) is 28.6 Å². The lowest BCUT2D eigenvalue weighted by molar-refractivity contribution is 0.577. The molecule has 5 nitrogen and oxygen atoms in total. The molecule has 98 valence electrons. The highest BCUT2D eigenvalue weighted by atomic mass is 32.2. The number of rotatable bonds is 7. The van der Waals surface area contributed by atoms with Crippen LogP contribution in [0.3, 0.4) is 0 Å². The van der Waals surface area contributed by atoms with Gasteiger partial charge in [0.1, 0.15) is 0 Å². The largest absolute Gasteiger partial charge is 0.320 e. The molecule has 0 spiro atoms. The molecule has 0 heterocycles. The van der Waals surface area contributed by atoms with Gasteiger partial charge >= 0.3 is 0 Å². The van der Waals surface area contributed by atoms with E-state index in [2.05, 4.69) is 10.0 Å². The van der Waals surface area contributed by atoms with Gasteiger partial charge in [0.05, 0.1) is 17.4 Å². The van der Waals surface area contributed by atoms with Crippen molar-refractivity contribution >= 4 is 10.0 Å². The first-order valence-electron chi connectivity index (χ1n) is 5.70. The van der Waals surface area contributed by atoms with Crippen molar-refractivity contribution in [3.8, 4) is 6.07 Å². The standard InChI is InChI=1S/C12H17N3O2S/c1-14-9-2-10-15-18(16,17)12-5-3-11(4-6-12)7-8-13/h3-6,14-15H,2,7,9-10H2,1H3. The molecule has 0 aliphatic rings. The third-order valence-corrected chi connectivity index (χ3v) is 3.89.